The van der Waals surface area contributed by atoms with Crippen LogP contribution in [-0.4, -0.2) is 69.5 Å². The summed E-state index contributed by atoms with van der Waals surface area (Å²) in [7, 11) is -3.55. The summed E-state index contributed by atoms with van der Waals surface area (Å²) in [5.41, 5.74) is 0.667. The van der Waals surface area contributed by atoms with E-state index in [1.807, 2.05) is 30.3 Å². The number of piperazine rings is 1. The Morgan fingerprint density at radius 1 is 0.853 bits per heavy atom. The molecular formula is C25H27N3O5S. The Kier molecular flexibility index (Phi) is 6.40. The molecule has 3 aromatic carbocycles. The Hall–Kier alpha value is -3.14. The lowest BCUT2D eigenvalue weighted by atomic mass is 10.1. The zero-order valence-corrected chi connectivity index (χ0v) is 19.6. The molecule has 34 heavy (non-hydrogen) atoms. The van der Waals surface area contributed by atoms with Crippen LogP contribution < -0.4 is 14.8 Å². The van der Waals surface area contributed by atoms with Gasteiger partial charge in [-0.15, -0.1) is 0 Å². The lowest BCUT2D eigenvalue weighted by Gasteiger charge is -2.33. The fraction of sp³-hybridized carbons (Fsp3) is 0.320. The summed E-state index contributed by atoms with van der Waals surface area (Å²) in [5.74, 6) is 1.22. The number of amides is 1. The maximum absolute atomic E-state index is 13.1. The third-order valence-electron chi connectivity index (χ3n) is 6.17. The van der Waals surface area contributed by atoms with Crippen LogP contribution in [0.3, 0.4) is 0 Å². The first-order chi connectivity index (χ1) is 16.5. The van der Waals surface area contributed by atoms with Gasteiger partial charge in [0.05, 0.1) is 4.90 Å². The van der Waals surface area contributed by atoms with E-state index in [2.05, 4.69) is 10.2 Å². The molecule has 2 heterocycles. The first-order valence-corrected chi connectivity index (χ1v) is 12.8. The number of carbonyl (C=O) groups excluding carboxylic acids is 1. The molecule has 9 heteroatoms. The van der Waals surface area contributed by atoms with Gasteiger partial charge in [0.15, 0.2) is 11.5 Å². The molecule has 178 valence electrons. The summed E-state index contributed by atoms with van der Waals surface area (Å²) in [5, 5.41) is 4.82. The number of sulfonamides is 1. The van der Waals surface area contributed by atoms with Gasteiger partial charge in [0.2, 0.25) is 15.9 Å². The summed E-state index contributed by atoms with van der Waals surface area (Å²) in [4.78, 5) is 14.9. The zero-order chi connectivity index (χ0) is 23.5. The molecular weight excluding hydrogens is 454 g/mol. The predicted molar refractivity (Wildman–Crippen MR) is 130 cm³/mol. The van der Waals surface area contributed by atoms with Gasteiger partial charge in [0, 0.05) is 50.9 Å². The number of benzene rings is 3. The van der Waals surface area contributed by atoms with E-state index in [1.165, 1.54) is 4.31 Å². The Balaban J connectivity index is 1.13. The lowest BCUT2D eigenvalue weighted by Crippen LogP contribution is -2.49. The van der Waals surface area contributed by atoms with Crippen LogP contribution in [-0.2, 0) is 14.8 Å². The van der Waals surface area contributed by atoms with Gasteiger partial charge in [-0.25, -0.2) is 8.42 Å². The maximum Gasteiger partial charge on any atom is 0.243 e. The monoisotopic (exact) mass is 481 g/mol. The first-order valence-electron chi connectivity index (χ1n) is 11.4. The van der Waals surface area contributed by atoms with Crippen molar-refractivity contribution >= 4 is 32.4 Å². The molecule has 0 aromatic heterocycles. The Morgan fingerprint density at radius 2 is 1.59 bits per heavy atom. The van der Waals surface area contributed by atoms with E-state index in [-0.39, 0.29) is 5.91 Å². The van der Waals surface area contributed by atoms with Crippen molar-refractivity contribution in [3.63, 3.8) is 0 Å². The third-order valence-corrected chi connectivity index (χ3v) is 8.07. The van der Waals surface area contributed by atoms with Gasteiger partial charge in [-0.1, -0.05) is 30.3 Å². The maximum atomic E-state index is 13.1. The van der Waals surface area contributed by atoms with Crippen molar-refractivity contribution in [2.24, 2.45) is 0 Å². The lowest BCUT2D eigenvalue weighted by molar-refractivity contribution is -0.116. The van der Waals surface area contributed by atoms with Crippen LogP contribution in [0, 0.1) is 0 Å². The average Bonchev–Trinajstić information content (AvgIpc) is 2.87. The molecule has 5 rings (SSSR count). The van der Waals surface area contributed by atoms with Crippen molar-refractivity contribution in [1.29, 1.82) is 0 Å². The summed E-state index contributed by atoms with van der Waals surface area (Å²) in [6, 6.07) is 18.3. The Bertz CT molecular complexity index is 1300. The van der Waals surface area contributed by atoms with E-state index in [0.29, 0.717) is 74.4 Å². The molecule has 2 aliphatic rings. The number of hydrogen-bond donors (Lipinski definition) is 1. The van der Waals surface area contributed by atoms with Crippen LogP contribution in [0.1, 0.15) is 6.42 Å². The summed E-state index contributed by atoms with van der Waals surface area (Å²) in [6.45, 7) is 3.56. The molecule has 3 aromatic rings. The van der Waals surface area contributed by atoms with Gasteiger partial charge >= 0.3 is 0 Å². The zero-order valence-electron chi connectivity index (χ0n) is 18.8. The highest BCUT2D eigenvalue weighted by Crippen LogP contribution is 2.32. The molecule has 0 bridgehead atoms. The number of ether oxygens (including phenoxy) is 2. The highest BCUT2D eigenvalue weighted by Gasteiger charge is 2.28. The highest BCUT2D eigenvalue weighted by molar-refractivity contribution is 7.89. The minimum absolute atomic E-state index is 0.0945. The van der Waals surface area contributed by atoms with Gasteiger partial charge < -0.3 is 19.7 Å². The number of rotatable bonds is 6. The minimum atomic E-state index is -3.55. The number of nitrogens with zero attached hydrogens (tertiary/aromatic N) is 2. The van der Waals surface area contributed by atoms with E-state index >= 15 is 0 Å². The summed E-state index contributed by atoms with van der Waals surface area (Å²) < 4.78 is 38.8. The van der Waals surface area contributed by atoms with Crippen molar-refractivity contribution in [3.8, 4) is 11.5 Å². The number of anilines is 1. The number of hydrogen-bond acceptors (Lipinski definition) is 6. The summed E-state index contributed by atoms with van der Waals surface area (Å²) in [6.07, 6.45) is 0.325. The standard InChI is InChI=1S/C25H27N3O5S/c29-25(26-21-6-8-23-24(18-21)33-16-15-32-23)9-10-27-11-13-28(14-12-27)34(30,31)22-7-5-19-3-1-2-4-20(19)17-22/h1-8,17-18H,9-16H2,(H,26,29). The molecule has 1 amide bonds. The molecule has 2 aliphatic heterocycles. The van der Waals surface area contributed by atoms with Gasteiger partial charge in [-0.3, -0.25) is 4.79 Å². The van der Waals surface area contributed by atoms with Gasteiger partial charge in [0.1, 0.15) is 13.2 Å². The Labute approximate surface area is 199 Å². The molecule has 0 aliphatic carbocycles. The highest BCUT2D eigenvalue weighted by atomic mass is 32.2. The van der Waals surface area contributed by atoms with Crippen LogP contribution in [0.5, 0.6) is 11.5 Å². The second-order valence-corrected chi connectivity index (χ2v) is 10.3. The largest absolute Gasteiger partial charge is 0.486 e. The number of nitrogens with one attached hydrogen (secondary N) is 1. The Morgan fingerprint density at radius 3 is 2.38 bits per heavy atom. The third kappa shape index (κ3) is 4.86. The van der Waals surface area contributed by atoms with Crippen molar-refractivity contribution in [1.82, 2.24) is 9.21 Å². The molecule has 0 spiro atoms. The van der Waals surface area contributed by atoms with Crippen LogP contribution in [0.15, 0.2) is 65.6 Å². The van der Waals surface area contributed by atoms with Crippen LogP contribution in [0.4, 0.5) is 5.69 Å². The van der Waals surface area contributed by atoms with Gasteiger partial charge in [-0.2, -0.15) is 4.31 Å². The van der Waals surface area contributed by atoms with Crippen molar-refractivity contribution in [2.45, 2.75) is 11.3 Å². The minimum Gasteiger partial charge on any atom is -0.486 e. The van der Waals surface area contributed by atoms with Crippen LogP contribution >= 0.6 is 0 Å². The fourth-order valence-corrected chi connectivity index (χ4v) is 5.73. The average molecular weight is 482 g/mol. The normalized spacial score (nSPS) is 16.9. The smallest absolute Gasteiger partial charge is 0.243 e. The van der Waals surface area contributed by atoms with E-state index in [0.717, 1.165) is 10.8 Å². The second-order valence-electron chi connectivity index (χ2n) is 8.41. The molecule has 8 nitrogen and oxygen atoms in total. The van der Waals surface area contributed by atoms with Crippen LogP contribution in [0.2, 0.25) is 0 Å². The van der Waals surface area contributed by atoms with Crippen molar-refractivity contribution in [3.05, 3.63) is 60.7 Å². The number of carbonyl (C=O) groups is 1. The predicted octanol–water partition coefficient (Wildman–Crippen LogP) is 2.95. The topological polar surface area (TPSA) is 88.2 Å². The van der Waals surface area contributed by atoms with Crippen LogP contribution in [0.25, 0.3) is 10.8 Å². The van der Waals surface area contributed by atoms with Gasteiger partial charge in [-0.05, 0) is 35.0 Å². The molecule has 1 fully saturated rings. The molecule has 1 N–H and O–H groups in total. The molecule has 1 saturated heterocycles. The fourth-order valence-electron chi connectivity index (χ4n) is 4.27. The van der Waals surface area contributed by atoms with E-state index in [4.69, 9.17) is 9.47 Å². The SMILES string of the molecule is O=C(CCN1CCN(S(=O)(=O)c2ccc3ccccc3c2)CC1)Nc1ccc2c(c1)OCCO2. The summed E-state index contributed by atoms with van der Waals surface area (Å²) >= 11 is 0. The number of fused-ring (bicyclic) bond motifs is 2. The molecule has 0 saturated carbocycles. The van der Waals surface area contributed by atoms with E-state index < -0.39 is 10.0 Å². The van der Waals surface area contributed by atoms with E-state index in [9.17, 15) is 13.2 Å². The quantitative estimate of drug-likeness (QED) is 0.583. The van der Waals surface area contributed by atoms with Gasteiger partial charge in [0.25, 0.3) is 0 Å². The molecule has 0 radical (unpaired) electrons. The van der Waals surface area contributed by atoms with E-state index in [1.54, 1.807) is 30.3 Å². The molecule has 0 atom stereocenters. The first kappa shape index (κ1) is 22.6. The molecule has 0 unspecified atom stereocenters. The van der Waals surface area contributed by atoms with Crippen molar-refractivity contribution < 1.29 is 22.7 Å². The van der Waals surface area contributed by atoms with Crippen molar-refractivity contribution in [2.75, 3.05) is 51.3 Å². The second kappa shape index (κ2) is 9.61.